The van der Waals surface area contributed by atoms with Gasteiger partial charge in [-0.1, -0.05) is 11.6 Å². The monoisotopic (exact) mass is 302 g/mol. The molecule has 0 aliphatic carbocycles. The van der Waals surface area contributed by atoms with Gasteiger partial charge in [0.25, 0.3) is 0 Å². The molecule has 3 unspecified atom stereocenters. The van der Waals surface area contributed by atoms with E-state index in [4.69, 9.17) is 22.1 Å². The third-order valence-corrected chi connectivity index (χ3v) is 5.63. The van der Waals surface area contributed by atoms with Crippen molar-refractivity contribution in [3.05, 3.63) is 23.2 Å². The summed E-state index contributed by atoms with van der Waals surface area (Å²) < 4.78 is 33.0. The van der Waals surface area contributed by atoms with Gasteiger partial charge in [-0.3, -0.25) is 0 Å². The number of anilines is 1. The van der Waals surface area contributed by atoms with E-state index >= 15 is 0 Å². The molecule has 7 heteroatoms. The van der Waals surface area contributed by atoms with E-state index < -0.39 is 10.0 Å². The highest BCUT2D eigenvalue weighted by molar-refractivity contribution is 7.89. The van der Waals surface area contributed by atoms with Crippen LogP contribution in [0.3, 0.4) is 0 Å². The summed E-state index contributed by atoms with van der Waals surface area (Å²) >= 11 is 5.94. The van der Waals surface area contributed by atoms with Crippen molar-refractivity contribution in [2.45, 2.75) is 42.4 Å². The summed E-state index contributed by atoms with van der Waals surface area (Å²) in [6.07, 6.45) is 2.82. The molecule has 3 N–H and O–H groups in total. The first kappa shape index (κ1) is 13.2. The molecule has 0 saturated carbocycles. The van der Waals surface area contributed by atoms with Crippen molar-refractivity contribution >= 4 is 27.3 Å². The molecule has 5 nitrogen and oxygen atoms in total. The predicted molar refractivity (Wildman–Crippen MR) is 72.5 cm³/mol. The fourth-order valence-corrected chi connectivity index (χ4v) is 4.56. The lowest BCUT2D eigenvalue weighted by atomic mass is 9.96. The highest BCUT2D eigenvalue weighted by atomic mass is 35.5. The number of fused-ring (bicyclic) bond motifs is 2. The molecule has 2 aliphatic rings. The molecule has 104 valence electrons. The molecule has 2 bridgehead atoms. The number of nitrogen functional groups attached to an aromatic ring is 1. The Hall–Kier alpha value is -0.820. The maximum absolute atomic E-state index is 12.3. The van der Waals surface area contributed by atoms with Crippen molar-refractivity contribution in [1.82, 2.24) is 4.72 Å². The molecule has 2 aliphatic heterocycles. The van der Waals surface area contributed by atoms with Gasteiger partial charge in [0, 0.05) is 5.69 Å². The third-order valence-electron chi connectivity index (χ3n) is 3.66. The van der Waals surface area contributed by atoms with E-state index in [0.29, 0.717) is 5.69 Å². The third kappa shape index (κ3) is 2.45. The number of benzene rings is 1. The number of sulfonamides is 1. The summed E-state index contributed by atoms with van der Waals surface area (Å²) in [7, 11) is -3.66. The van der Waals surface area contributed by atoms with E-state index in [1.165, 1.54) is 12.1 Å². The van der Waals surface area contributed by atoms with Crippen LogP contribution in [-0.4, -0.2) is 26.7 Å². The molecule has 19 heavy (non-hydrogen) atoms. The van der Waals surface area contributed by atoms with Gasteiger partial charge in [-0.05, 0) is 37.5 Å². The van der Waals surface area contributed by atoms with Gasteiger partial charge in [-0.15, -0.1) is 0 Å². The van der Waals surface area contributed by atoms with Crippen LogP contribution in [0.15, 0.2) is 23.1 Å². The van der Waals surface area contributed by atoms with Crippen molar-refractivity contribution in [3.8, 4) is 0 Å². The Morgan fingerprint density at radius 3 is 2.79 bits per heavy atom. The van der Waals surface area contributed by atoms with Gasteiger partial charge < -0.3 is 10.5 Å². The van der Waals surface area contributed by atoms with Crippen LogP contribution in [0.5, 0.6) is 0 Å². The Morgan fingerprint density at radius 1 is 1.37 bits per heavy atom. The first-order chi connectivity index (χ1) is 8.95. The van der Waals surface area contributed by atoms with Gasteiger partial charge in [-0.25, -0.2) is 13.1 Å². The summed E-state index contributed by atoms with van der Waals surface area (Å²) in [6, 6.07) is 4.27. The summed E-state index contributed by atoms with van der Waals surface area (Å²) in [5, 5.41) is 0.172. The second kappa shape index (κ2) is 4.63. The Kier molecular flexibility index (Phi) is 3.21. The zero-order valence-electron chi connectivity index (χ0n) is 10.2. The number of ether oxygens (including phenoxy) is 1. The van der Waals surface area contributed by atoms with E-state index in [9.17, 15) is 8.42 Å². The van der Waals surface area contributed by atoms with Crippen LogP contribution in [0.2, 0.25) is 5.02 Å². The minimum Gasteiger partial charge on any atom is -0.399 e. The van der Waals surface area contributed by atoms with Crippen LogP contribution < -0.4 is 10.5 Å². The highest BCUT2D eigenvalue weighted by Gasteiger charge is 2.42. The van der Waals surface area contributed by atoms with Gasteiger partial charge in [-0.2, -0.15) is 0 Å². The average Bonchev–Trinajstić information content (AvgIpc) is 2.93. The zero-order chi connectivity index (χ0) is 13.6. The number of rotatable bonds is 3. The smallest absolute Gasteiger partial charge is 0.242 e. The molecule has 3 rings (SSSR count). The van der Waals surface area contributed by atoms with E-state index in [-0.39, 0.29) is 28.2 Å². The fraction of sp³-hybridized carbons (Fsp3) is 0.500. The largest absolute Gasteiger partial charge is 0.399 e. The van der Waals surface area contributed by atoms with Crippen molar-refractivity contribution in [2.75, 3.05) is 5.73 Å². The molecule has 3 atom stereocenters. The minimum atomic E-state index is -3.66. The highest BCUT2D eigenvalue weighted by Crippen LogP contribution is 2.35. The van der Waals surface area contributed by atoms with Crippen LogP contribution in [-0.2, 0) is 14.8 Å². The summed E-state index contributed by atoms with van der Waals surface area (Å²) in [5.74, 6) is 0. The molecule has 1 aromatic rings. The quantitative estimate of drug-likeness (QED) is 0.830. The minimum absolute atomic E-state index is 0.0143. The van der Waals surface area contributed by atoms with Crippen molar-refractivity contribution in [3.63, 3.8) is 0 Å². The van der Waals surface area contributed by atoms with E-state index in [2.05, 4.69) is 4.72 Å². The topological polar surface area (TPSA) is 81.4 Å². The molecule has 2 heterocycles. The summed E-state index contributed by atoms with van der Waals surface area (Å²) in [5.41, 5.74) is 5.99. The van der Waals surface area contributed by atoms with Crippen molar-refractivity contribution in [2.24, 2.45) is 0 Å². The lowest BCUT2D eigenvalue weighted by Crippen LogP contribution is -2.41. The van der Waals surface area contributed by atoms with Gasteiger partial charge >= 0.3 is 0 Å². The lowest BCUT2D eigenvalue weighted by Gasteiger charge is -2.20. The first-order valence-corrected chi connectivity index (χ1v) is 8.04. The molecular formula is C12H15ClN2O3S. The lowest BCUT2D eigenvalue weighted by molar-refractivity contribution is 0.0996. The fourth-order valence-electron chi connectivity index (χ4n) is 2.75. The van der Waals surface area contributed by atoms with Gasteiger partial charge in [0.15, 0.2) is 0 Å². The van der Waals surface area contributed by atoms with Gasteiger partial charge in [0.2, 0.25) is 10.0 Å². The number of nitrogens with two attached hydrogens (primary N) is 1. The van der Waals surface area contributed by atoms with Crippen LogP contribution in [0.25, 0.3) is 0 Å². The Bertz CT molecular complexity index is 605. The number of nitrogens with one attached hydrogen (secondary N) is 1. The standard InChI is InChI=1S/C12H15ClN2O3S/c13-9-3-1-7(14)5-12(9)19(16,17)15-10-6-8-2-4-11(10)18-8/h1,3,5,8,10-11,15H,2,4,6,14H2. The average molecular weight is 303 g/mol. The normalized spacial score (nSPS) is 29.8. The second-order valence-corrected chi connectivity index (χ2v) is 7.12. The first-order valence-electron chi connectivity index (χ1n) is 6.18. The predicted octanol–water partition coefficient (Wildman–Crippen LogP) is 1.52. The Labute approximate surface area is 117 Å². The molecule has 2 saturated heterocycles. The second-order valence-electron chi connectivity index (χ2n) is 5.03. The Morgan fingerprint density at radius 2 is 2.16 bits per heavy atom. The maximum atomic E-state index is 12.3. The van der Waals surface area contributed by atoms with Crippen LogP contribution in [0.1, 0.15) is 19.3 Å². The molecule has 1 aromatic carbocycles. The molecule has 0 radical (unpaired) electrons. The SMILES string of the molecule is Nc1ccc(Cl)c(S(=O)(=O)NC2CC3CCC2O3)c1. The summed E-state index contributed by atoms with van der Waals surface area (Å²) in [4.78, 5) is 0.0249. The van der Waals surface area contributed by atoms with Crippen LogP contribution in [0.4, 0.5) is 5.69 Å². The van der Waals surface area contributed by atoms with Gasteiger partial charge in [0.1, 0.15) is 4.90 Å². The van der Waals surface area contributed by atoms with E-state index in [1.807, 2.05) is 0 Å². The van der Waals surface area contributed by atoms with Crippen molar-refractivity contribution in [1.29, 1.82) is 0 Å². The van der Waals surface area contributed by atoms with Crippen LogP contribution in [0, 0.1) is 0 Å². The maximum Gasteiger partial charge on any atom is 0.242 e. The number of halogens is 1. The number of hydrogen-bond donors (Lipinski definition) is 2. The van der Waals surface area contributed by atoms with Gasteiger partial charge in [0.05, 0.1) is 23.3 Å². The van der Waals surface area contributed by atoms with E-state index in [0.717, 1.165) is 19.3 Å². The number of hydrogen-bond acceptors (Lipinski definition) is 4. The van der Waals surface area contributed by atoms with Crippen molar-refractivity contribution < 1.29 is 13.2 Å². The zero-order valence-corrected chi connectivity index (χ0v) is 11.7. The Balaban J connectivity index is 1.85. The molecular weight excluding hydrogens is 288 g/mol. The van der Waals surface area contributed by atoms with Crippen LogP contribution >= 0.6 is 11.6 Å². The van der Waals surface area contributed by atoms with E-state index in [1.54, 1.807) is 6.07 Å². The molecule has 0 amide bonds. The molecule has 0 aromatic heterocycles. The molecule has 0 spiro atoms. The molecule has 2 fully saturated rings. The summed E-state index contributed by atoms with van der Waals surface area (Å²) in [6.45, 7) is 0.